The lowest BCUT2D eigenvalue weighted by Gasteiger charge is -2.08. The number of hydrogen-bond donors (Lipinski definition) is 1. The van der Waals surface area contributed by atoms with Crippen LogP contribution in [0.2, 0.25) is 0 Å². The predicted octanol–water partition coefficient (Wildman–Crippen LogP) is 0.429. The molecule has 1 aliphatic heterocycles. The molecule has 1 rings (SSSR count). The minimum absolute atomic E-state index is 0.149. The zero-order chi connectivity index (χ0) is 13.4. The largest absolute Gasteiger partial charge is 0.465 e. The first-order valence-electron chi connectivity index (χ1n) is 6.06. The van der Waals surface area contributed by atoms with Crippen molar-refractivity contribution in [2.45, 2.75) is 32.2 Å². The van der Waals surface area contributed by atoms with E-state index in [-0.39, 0.29) is 12.5 Å². The third-order valence-electron chi connectivity index (χ3n) is 2.60. The van der Waals surface area contributed by atoms with E-state index >= 15 is 0 Å². The van der Waals surface area contributed by atoms with Crippen LogP contribution in [0.25, 0.3) is 0 Å². The molecule has 1 saturated heterocycles. The van der Waals surface area contributed by atoms with Crippen LogP contribution < -0.4 is 5.32 Å². The highest BCUT2D eigenvalue weighted by atomic mass is 16.5. The average molecular weight is 251 g/mol. The van der Waals surface area contributed by atoms with Crippen LogP contribution in [0.4, 0.5) is 0 Å². The summed E-state index contributed by atoms with van der Waals surface area (Å²) in [4.78, 5) is 27.0. The second kappa shape index (κ2) is 7.43. The van der Waals surface area contributed by atoms with Gasteiger partial charge in [-0.05, 0) is 26.2 Å². The number of carbonyl (C=O) groups is 2. The Labute approximate surface area is 106 Å². The van der Waals surface area contributed by atoms with E-state index in [2.05, 4.69) is 10.3 Å². The summed E-state index contributed by atoms with van der Waals surface area (Å²) in [6.45, 7) is 2.54. The van der Waals surface area contributed by atoms with Crippen molar-refractivity contribution in [2.75, 3.05) is 13.2 Å². The highest BCUT2D eigenvalue weighted by Gasteiger charge is 2.21. The molecule has 0 aromatic heterocycles. The molecule has 0 unspecified atom stereocenters. The minimum atomic E-state index is -1.04. The summed E-state index contributed by atoms with van der Waals surface area (Å²) in [7, 11) is 0. The van der Waals surface area contributed by atoms with Crippen LogP contribution in [0, 0.1) is 17.2 Å². The normalized spacial score (nSPS) is 21.8. The number of nitrogens with one attached hydrogen (secondary N) is 1. The number of ether oxygens (including phenoxy) is 1. The fourth-order valence-electron chi connectivity index (χ4n) is 1.63. The van der Waals surface area contributed by atoms with E-state index in [1.807, 2.05) is 0 Å². The van der Waals surface area contributed by atoms with Crippen LogP contribution in [-0.2, 0) is 14.3 Å². The van der Waals surface area contributed by atoms with E-state index in [0.717, 1.165) is 12.8 Å². The van der Waals surface area contributed by atoms with Crippen molar-refractivity contribution in [3.05, 3.63) is 0 Å². The van der Waals surface area contributed by atoms with E-state index in [0.29, 0.717) is 13.0 Å². The molecule has 1 aliphatic rings. The molecular weight excluding hydrogens is 234 g/mol. The fourth-order valence-corrected chi connectivity index (χ4v) is 1.63. The molecule has 18 heavy (non-hydrogen) atoms. The Kier molecular flexibility index (Phi) is 5.85. The monoisotopic (exact) mass is 251 g/mol. The van der Waals surface area contributed by atoms with Gasteiger partial charge in [0.15, 0.2) is 5.92 Å². The molecule has 2 atom stereocenters. The van der Waals surface area contributed by atoms with E-state index in [9.17, 15) is 9.59 Å². The molecular formula is C12H17N3O3. The highest BCUT2D eigenvalue weighted by molar-refractivity contribution is 5.94. The van der Waals surface area contributed by atoms with Gasteiger partial charge in [0.05, 0.1) is 12.7 Å². The molecule has 98 valence electrons. The van der Waals surface area contributed by atoms with Gasteiger partial charge in [-0.1, -0.05) is 0 Å². The van der Waals surface area contributed by atoms with Gasteiger partial charge in [-0.3, -0.25) is 14.6 Å². The van der Waals surface area contributed by atoms with Crippen LogP contribution in [-0.4, -0.2) is 37.3 Å². The first kappa shape index (κ1) is 14.2. The minimum Gasteiger partial charge on any atom is -0.465 e. The number of rotatable bonds is 4. The van der Waals surface area contributed by atoms with Gasteiger partial charge in [0.1, 0.15) is 6.04 Å². The zero-order valence-corrected chi connectivity index (χ0v) is 10.4. The number of amides is 1. The molecule has 0 aromatic rings. The topological polar surface area (TPSA) is 91.6 Å². The molecule has 1 N–H and O–H groups in total. The molecule has 0 saturated carbocycles. The van der Waals surface area contributed by atoms with Crippen molar-refractivity contribution in [3.8, 4) is 6.07 Å². The Morgan fingerprint density at radius 2 is 2.50 bits per heavy atom. The number of carbonyl (C=O) groups excluding carboxylic acids is 2. The maximum atomic E-state index is 11.6. The van der Waals surface area contributed by atoms with Crippen molar-refractivity contribution in [2.24, 2.45) is 10.9 Å². The summed E-state index contributed by atoms with van der Waals surface area (Å²) in [6, 6.07) is 1.30. The summed E-state index contributed by atoms with van der Waals surface area (Å²) < 4.78 is 4.73. The van der Waals surface area contributed by atoms with Gasteiger partial charge >= 0.3 is 5.97 Å². The molecule has 0 aromatic carbocycles. The van der Waals surface area contributed by atoms with Gasteiger partial charge in [0.2, 0.25) is 5.91 Å². The predicted molar refractivity (Wildman–Crippen MR) is 64.9 cm³/mol. The van der Waals surface area contributed by atoms with E-state index in [4.69, 9.17) is 10.00 Å². The molecule has 0 bridgehead atoms. The molecule has 6 nitrogen and oxygen atoms in total. The summed E-state index contributed by atoms with van der Waals surface area (Å²) in [5, 5.41) is 11.6. The summed E-state index contributed by atoms with van der Waals surface area (Å²) in [6.07, 6.45) is 3.69. The summed E-state index contributed by atoms with van der Waals surface area (Å²) >= 11 is 0. The maximum Gasteiger partial charge on any atom is 0.328 e. The smallest absolute Gasteiger partial charge is 0.328 e. The lowest BCUT2D eigenvalue weighted by Crippen LogP contribution is -2.32. The van der Waals surface area contributed by atoms with Crippen LogP contribution in [0.3, 0.4) is 0 Å². The van der Waals surface area contributed by atoms with Gasteiger partial charge in [0, 0.05) is 12.8 Å². The first-order chi connectivity index (χ1) is 8.69. The first-order valence-corrected chi connectivity index (χ1v) is 6.06. The third-order valence-corrected chi connectivity index (χ3v) is 2.60. The van der Waals surface area contributed by atoms with Crippen molar-refractivity contribution in [1.29, 1.82) is 5.26 Å². The number of nitriles is 1. The van der Waals surface area contributed by atoms with Crippen molar-refractivity contribution >= 4 is 18.1 Å². The molecule has 0 spiro atoms. The summed E-state index contributed by atoms with van der Waals surface area (Å²) in [5.74, 6) is -1.82. The van der Waals surface area contributed by atoms with Crippen LogP contribution in [0.1, 0.15) is 26.2 Å². The van der Waals surface area contributed by atoms with Crippen LogP contribution in [0.5, 0.6) is 0 Å². The second-order valence-electron chi connectivity index (χ2n) is 3.96. The third kappa shape index (κ3) is 4.17. The standard InChI is InChI=1S/C12H17N3O3/c1-2-18-12(17)9(7-13)8-15-10-5-3-4-6-14-11(10)16/h8-10H,2-6H2,1H3,(H,14,16)/t9-,10-/m1/s1. The Morgan fingerprint density at radius 3 is 3.17 bits per heavy atom. The fraction of sp³-hybridized carbons (Fsp3) is 0.667. The lowest BCUT2D eigenvalue weighted by atomic mass is 10.1. The van der Waals surface area contributed by atoms with Crippen LogP contribution >= 0.6 is 0 Å². The second-order valence-corrected chi connectivity index (χ2v) is 3.96. The molecule has 0 radical (unpaired) electrons. The van der Waals surface area contributed by atoms with E-state index in [1.54, 1.807) is 13.0 Å². The molecule has 1 fully saturated rings. The molecule has 1 heterocycles. The van der Waals surface area contributed by atoms with Crippen LogP contribution in [0.15, 0.2) is 4.99 Å². The number of aliphatic imine (C=N–C) groups is 1. The van der Waals surface area contributed by atoms with E-state index < -0.39 is 17.9 Å². The summed E-state index contributed by atoms with van der Waals surface area (Å²) in [5.41, 5.74) is 0. The van der Waals surface area contributed by atoms with Crippen molar-refractivity contribution in [3.63, 3.8) is 0 Å². The van der Waals surface area contributed by atoms with Crippen molar-refractivity contribution in [1.82, 2.24) is 5.32 Å². The molecule has 1 amide bonds. The Balaban J connectivity index is 2.62. The average Bonchev–Trinajstić information content (AvgIpc) is 2.56. The quantitative estimate of drug-likeness (QED) is 0.579. The maximum absolute atomic E-state index is 11.6. The number of nitrogens with zero attached hydrogens (tertiary/aromatic N) is 2. The zero-order valence-electron chi connectivity index (χ0n) is 10.4. The van der Waals surface area contributed by atoms with E-state index in [1.165, 1.54) is 6.21 Å². The molecule has 0 aliphatic carbocycles. The number of hydrogen-bond acceptors (Lipinski definition) is 5. The number of esters is 1. The van der Waals surface area contributed by atoms with Crippen molar-refractivity contribution < 1.29 is 14.3 Å². The van der Waals surface area contributed by atoms with Gasteiger partial charge in [0.25, 0.3) is 0 Å². The van der Waals surface area contributed by atoms with Gasteiger partial charge < -0.3 is 10.1 Å². The Hall–Kier alpha value is -1.90. The Bertz CT molecular complexity index is 373. The Morgan fingerprint density at radius 1 is 1.72 bits per heavy atom. The SMILES string of the molecule is CCOC(=O)[C@H](C#N)C=N[C@@H]1CCCCNC1=O. The van der Waals surface area contributed by atoms with Gasteiger partial charge in [-0.2, -0.15) is 5.26 Å². The highest BCUT2D eigenvalue weighted by Crippen LogP contribution is 2.09. The van der Waals surface area contributed by atoms with Gasteiger partial charge in [-0.15, -0.1) is 0 Å². The van der Waals surface area contributed by atoms with Gasteiger partial charge in [-0.25, -0.2) is 0 Å². The molecule has 6 heteroatoms. The lowest BCUT2D eigenvalue weighted by molar-refractivity contribution is -0.143.